The first-order chi connectivity index (χ1) is 14.2. The molecule has 5 heteroatoms. The SMILES string of the molecule is Cc1ccccc1CN1CC2C(CNc3ccc(N4CCOCC4)c(F)c3)C2C1. The van der Waals surface area contributed by atoms with Crippen LogP contribution in [0, 0.1) is 30.5 Å². The third-order valence-corrected chi connectivity index (χ3v) is 6.94. The third-order valence-electron chi connectivity index (χ3n) is 6.94. The summed E-state index contributed by atoms with van der Waals surface area (Å²) in [4.78, 5) is 4.65. The lowest BCUT2D eigenvalue weighted by Crippen LogP contribution is -2.36. The minimum atomic E-state index is -0.141. The highest BCUT2D eigenvalue weighted by atomic mass is 19.1. The second-order valence-electron chi connectivity index (χ2n) is 8.76. The van der Waals surface area contributed by atoms with E-state index >= 15 is 0 Å². The molecule has 0 aromatic heterocycles. The normalized spacial score (nSPS) is 26.4. The molecule has 0 radical (unpaired) electrons. The van der Waals surface area contributed by atoms with Crippen LogP contribution < -0.4 is 10.2 Å². The van der Waals surface area contributed by atoms with Crippen molar-refractivity contribution in [2.24, 2.45) is 17.8 Å². The van der Waals surface area contributed by atoms with Gasteiger partial charge in [-0.15, -0.1) is 0 Å². The zero-order valence-corrected chi connectivity index (χ0v) is 17.1. The first kappa shape index (κ1) is 18.9. The maximum atomic E-state index is 14.6. The van der Waals surface area contributed by atoms with Gasteiger partial charge in [-0.1, -0.05) is 24.3 Å². The summed E-state index contributed by atoms with van der Waals surface area (Å²) >= 11 is 0. The molecule has 1 saturated carbocycles. The fourth-order valence-electron chi connectivity index (χ4n) is 5.11. The van der Waals surface area contributed by atoms with Crippen molar-refractivity contribution in [2.75, 3.05) is 56.2 Å². The fraction of sp³-hybridized carbons (Fsp3) is 0.500. The van der Waals surface area contributed by atoms with Crippen molar-refractivity contribution in [1.82, 2.24) is 4.90 Å². The number of likely N-dealkylation sites (tertiary alicyclic amines) is 1. The Labute approximate surface area is 172 Å². The minimum Gasteiger partial charge on any atom is -0.385 e. The third kappa shape index (κ3) is 3.99. The Balaban J connectivity index is 1.11. The maximum Gasteiger partial charge on any atom is 0.148 e. The van der Waals surface area contributed by atoms with Gasteiger partial charge in [0, 0.05) is 45.0 Å². The van der Waals surface area contributed by atoms with Gasteiger partial charge in [0.25, 0.3) is 0 Å². The Morgan fingerprint density at radius 2 is 1.83 bits per heavy atom. The van der Waals surface area contributed by atoms with E-state index in [-0.39, 0.29) is 5.82 Å². The number of ether oxygens (including phenoxy) is 1. The van der Waals surface area contributed by atoms with Crippen molar-refractivity contribution in [1.29, 1.82) is 0 Å². The van der Waals surface area contributed by atoms with E-state index in [0.717, 1.165) is 49.6 Å². The largest absolute Gasteiger partial charge is 0.385 e. The number of anilines is 2. The number of benzene rings is 2. The van der Waals surface area contributed by atoms with E-state index in [4.69, 9.17) is 4.74 Å². The van der Waals surface area contributed by atoms with Gasteiger partial charge in [0.1, 0.15) is 5.82 Å². The number of rotatable bonds is 6. The zero-order chi connectivity index (χ0) is 19.8. The van der Waals surface area contributed by atoms with E-state index < -0.39 is 0 Å². The number of aryl methyl sites for hydroxylation is 1. The molecule has 0 amide bonds. The number of piperidine rings is 1. The van der Waals surface area contributed by atoms with Crippen molar-refractivity contribution in [3.8, 4) is 0 Å². The van der Waals surface area contributed by atoms with E-state index in [1.165, 1.54) is 24.2 Å². The van der Waals surface area contributed by atoms with Crippen LogP contribution in [0.1, 0.15) is 11.1 Å². The van der Waals surface area contributed by atoms with E-state index in [2.05, 4.69) is 46.3 Å². The molecule has 0 spiro atoms. The number of halogens is 1. The lowest BCUT2D eigenvalue weighted by atomic mass is 10.1. The number of nitrogens with one attached hydrogen (secondary N) is 1. The Morgan fingerprint density at radius 1 is 1.07 bits per heavy atom. The Hall–Kier alpha value is -2.11. The van der Waals surface area contributed by atoms with Crippen LogP contribution in [0.15, 0.2) is 42.5 Å². The summed E-state index contributed by atoms with van der Waals surface area (Å²) in [6, 6.07) is 14.2. The average Bonchev–Trinajstić information content (AvgIpc) is 3.19. The highest BCUT2D eigenvalue weighted by Gasteiger charge is 2.54. The quantitative estimate of drug-likeness (QED) is 0.806. The maximum absolute atomic E-state index is 14.6. The van der Waals surface area contributed by atoms with Gasteiger partial charge in [-0.05, 0) is 54.0 Å². The van der Waals surface area contributed by atoms with E-state index in [0.29, 0.717) is 18.9 Å². The summed E-state index contributed by atoms with van der Waals surface area (Å²) < 4.78 is 19.9. The van der Waals surface area contributed by atoms with Gasteiger partial charge >= 0.3 is 0 Å². The predicted molar refractivity (Wildman–Crippen MR) is 115 cm³/mol. The molecule has 2 aliphatic heterocycles. The van der Waals surface area contributed by atoms with E-state index in [9.17, 15) is 4.39 Å². The summed E-state index contributed by atoms with van der Waals surface area (Å²) in [5, 5.41) is 3.48. The first-order valence-corrected chi connectivity index (χ1v) is 10.8. The van der Waals surface area contributed by atoms with Crippen molar-refractivity contribution in [3.63, 3.8) is 0 Å². The Morgan fingerprint density at radius 3 is 2.55 bits per heavy atom. The molecule has 4 nitrogen and oxygen atoms in total. The number of hydrogen-bond acceptors (Lipinski definition) is 4. The second-order valence-corrected chi connectivity index (χ2v) is 8.76. The van der Waals surface area contributed by atoms with Crippen molar-refractivity contribution < 1.29 is 9.13 Å². The fourth-order valence-corrected chi connectivity index (χ4v) is 5.11. The van der Waals surface area contributed by atoms with Crippen LogP contribution in [-0.4, -0.2) is 50.8 Å². The van der Waals surface area contributed by atoms with Crippen LogP contribution in [0.3, 0.4) is 0 Å². The summed E-state index contributed by atoms with van der Waals surface area (Å²) in [6.07, 6.45) is 0. The molecule has 2 aromatic carbocycles. The summed E-state index contributed by atoms with van der Waals surface area (Å²) in [7, 11) is 0. The Kier molecular flexibility index (Phi) is 5.18. The van der Waals surface area contributed by atoms with Gasteiger partial charge in [-0.3, -0.25) is 4.90 Å². The van der Waals surface area contributed by atoms with Crippen LogP contribution in [0.5, 0.6) is 0 Å². The molecule has 3 fully saturated rings. The van der Waals surface area contributed by atoms with Crippen LogP contribution in [0.4, 0.5) is 15.8 Å². The summed E-state index contributed by atoms with van der Waals surface area (Å²) in [5.74, 6) is 2.18. The zero-order valence-electron chi connectivity index (χ0n) is 17.1. The molecule has 0 bridgehead atoms. The number of hydrogen-bond donors (Lipinski definition) is 1. The topological polar surface area (TPSA) is 27.7 Å². The first-order valence-electron chi connectivity index (χ1n) is 10.8. The standard InChI is InChI=1S/C24H30FN3O/c1-17-4-2-3-5-18(17)14-27-15-21-20(22(21)16-27)13-26-19-6-7-24(23(25)12-19)28-8-10-29-11-9-28/h2-7,12,20-22,26H,8-11,13-16H2,1H3. The van der Waals surface area contributed by atoms with Crippen LogP contribution in [0.25, 0.3) is 0 Å². The highest BCUT2D eigenvalue weighted by Crippen LogP contribution is 2.51. The molecule has 1 aliphatic carbocycles. The Bertz CT molecular complexity index is 855. The highest BCUT2D eigenvalue weighted by molar-refractivity contribution is 5.56. The van der Waals surface area contributed by atoms with Crippen LogP contribution in [0.2, 0.25) is 0 Å². The smallest absolute Gasteiger partial charge is 0.148 e. The molecule has 2 heterocycles. The molecule has 2 unspecified atom stereocenters. The molecule has 29 heavy (non-hydrogen) atoms. The van der Waals surface area contributed by atoms with Crippen molar-refractivity contribution >= 4 is 11.4 Å². The molecule has 5 rings (SSSR count). The van der Waals surface area contributed by atoms with Gasteiger partial charge in [0.15, 0.2) is 0 Å². The van der Waals surface area contributed by atoms with E-state index in [1.807, 2.05) is 12.1 Å². The minimum absolute atomic E-state index is 0.141. The summed E-state index contributed by atoms with van der Waals surface area (Å²) in [5.41, 5.74) is 4.41. The predicted octanol–water partition coefficient (Wildman–Crippen LogP) is 3.76. The molecule has 2 saturated heterocycles. The lowest BCUT2D eigenvalue weighted by Gasteiger charge is -2.29. The van der Waals surface area contributed by atoms with Gasteiger partial charge in [-0.2, -0.15) is 0 Å². The van der Waals surface area contributed by atoms with Gasteiger partial charge < -0.3 is 15.0 Å². The van der Waals surface area contributed by atoms with Crippen LogP contribution in [-0.2, 0) is 11.3 Å². The van der Waals surface area contributed by atoms with Crippen LogP contribution >= 0.6 is 0 Å². The van der Waals surface area contributed by atoms with Crippen molar-refractivity contribution in [3.05, 3.63) is 59.4 Å². The monoisotopic (exact) mass is 395 g/mol. The second kappa shape index (κ2) is 7.96. The number of fused-ring (bicyclic) bond motifs is 1. The van der Waals surface area contributed by atoms with Gasteiger partial charge in [0.2, 0.25) is 0 Å². The molecular weight excluding hydrogens is 365 g/mol. The summed E-state index contributed by atoms with van der Waals surface area (Å²) in [6.45, 7) is 9.45. The van der Waals surface area contributed by atoms with Gasteiger partial charge in [-0.25, -0.2) is 4.39 Å². The van der Waals surface area contributed by atoms with Gasteiger partial charge in [0.05, 0.1) is 18.9 Å². The molecule has 3 aliphatic rings. The molecule has 1 N–H and O–H groups in total. The average molecular weight is 396 g/mol. The number of nitrogens with zero attached hydrogens (tertiary/aromatic N) is 2. The van der Waals surface area contributed by atoms with E-state index in [1.54, 1.807) is 6.07 Å². The molecular formula is C24H30FN3O. The molecule has 154 valence electrons. The van der Waals surface area contributed by atoms with Crippen molar-refractivity contribution in [2.45, 2.75) is 13.5 Å². The molecule has 2 atom stereocenters. The molecule has 2 aromatic rings. The number of morpholine rings is 1. The lowest BCUT2D eigenvalue weighted by molar-refractivity contribution is 0.122.